The van der Waals surface area contributed by atoms with Crippen LogP contribution in [0.2, 0.25) is 0 Å². The van der Waals surface area contributed by atoms with E-state index >= 15 is 0 Å². The van der Waals surface area contributed by atoms with Gasteiger partial charge in [0.2, 0.25) is 5.72 Å². The number of likely N-dealkylation sites (N-methyl/N-ethyl adjacent to an activating group) is 1. The summed E-state index contributed by atoms with van der Waals surface area (Å²) in [5.41, 5.74) is 5.25. The summed E-state index contributed by atoms with van der Waals surface area (Å²) in [5, 5.41) is 0.982. The van der Waals surface area contributed by atoms with Crippen molar-refractivity contribution in [1.82, 2.24) is 4.98 Å². The summed E-state index contributed by atoms with van der Waals surface area (Å²) in [4.78, 5) is 16.2. The van der Waals surface area contributed by atoms with Crippen LogP contribution in [0.25, 0.3) is 17.0 Å². The molecule has 3 aromatic rings. The Hall–Kier alpha value is -3.47. The van der Waals surface area contributed by atoms with Crippen molar-refractivity contribution in [1.29, 1.82) is 0 Å². The van der Waals surface area contributed by atoms with Crippen molar-refractivity contribution in [3.05, 3.63) is 65.4 Å². The van der Waals surface area contributed by atoms with Crippen LogP contribution < -0.4 is 9.64 Å². The average Bonchev–Trinajstić information content (AvgIpc) is 2.97. The van der Waals surface area contributed by atoms with E-state index in [0.29, 0.717) is 0 Å². The van der Waals surface area contributed by atoms with E-state index in [1.165, 1.54) is 5.56 Å². The van der Waals surface area contributed by atoms with Gasteiger partial charge in [-0.3, -0.25) is 15.0 Å². The fourth-order valence-electron chi connectivity index (χ4n) is 5.05. The first-order valence-corrected chi connectivity index (χ1v) is 11.1. The zero-order valence-electron chi connectivity index (χ0n) is 19.3. The molecule has 1 atom stereocenters. The van der Waals surface area contributed by atoms with E-state index in [0.717, 1.165) is 45.7 Å². The number of allylic oxidation sites excluding steroid dienone is 1. The number of nitrogens with zero attached hydrogens (tertiary/aromatic N) is 4. The molecule has 0 fully saturated rings. The third-order valence-corrected chi connectivity index (χ3v) is 6.88. The number of fused-ring (bicyclic) bond motifs is 4. The molecule has 1 spiro atoms. The van der Waals surface area contributed by atoms with E-state index in [4.69, 9.17) is 14.7 Å². The third kappa shape index (κ3) is 2.67. The van der Waals surface area contributed by atoms with Gasteiger partial charge in [-0.15, -0.1) is 0 Å². The second-order valence-electron chi connectivity index (χ2n) is 8.88. The summed E-state index contributed by atoms with van der Waals surface area (Å²) in [6.45, 7) is 9.32. The van der Waals surface area contributed by atoms with E-state index < -0.39 is 5.72 Å². The van der Waals surface area contributed by atoms with Crippen LogP contribution >= 0.6 is 0 Å². The molecule has 0 N–H and O–H groups in total. The molecule has 1 aromatic heterocycles. The largest absolute Gasteiger partial charge is 0.459 e. The predicted molar refractivity (Wildman–Crippen MR) is 134 cm³/mol. The number of benzene rings is 2. The Bertz CT molecular complexity index is 1300. The first-order chi connectivity index (χ1) is 15.4. The Balaban J connectivity index is 1.74. The number of pyridine rings is 1. The second kappa shape index (κ2) is 7.30. The van der Waals surface area contributed by atoms with Gasteiger partial charge in [0.15, 0.2) is 5.75 Å². The molecule has 5 rings (SSSR count). The molecule has 3 heterocycles. The second-order valence-corrected chi connectivity index (χ2v) is 8.88. The maximum absolute atomic E-state index is 7.00. The van der Waals surface area contributed by atoms with Crippen molar-refractivity contribution in [3.63, 3.8) is 0 Å². The topological polar surface area (TPSA) is 50.1 Å². The van der Waals surface area contributed by atoms with Gasteiger partial charge < -0.3 is 9.64 Å². The van der Waals surface area contributed by atoms with Gasteiger partial charge in [0.1, 0.15) is 5.69 Å². The van der Waals surface area contributed by atoms with E-state index in [-0.39, 0.29) is 5.41 Å². The Morgan fingerprint density at radius 2 is 1.97 bits per heavy atom. The number of aliphatic imine (C=N–C) groups is 2. The number of aryl methyl sites for hydroxylation is 1. The molecule has 32 heavy (non-hydrogen) atoms. The number of anilines is 1. The number of hydrogen-bond acceptors (Lipinski definition) is 5. The van der Waals surface area contributed by atoms with Gasteiger partial charge in [-0.2, -0.15) is 0 Å². The summed E-state index contributed by atoms with van der Waals surface area (Å²) < 4.78 is 7.00. The normalized spacial score (nSPS) is 21.0. The summed E-state index contributed by atoms with van der Waals surface area (Å²) in [7, 11) is 2.08. The van der Waals surface area contributed by atoms with Crippen LogP contribution in [0.5, 0.6) is 5.75 Å². The van der Waals surface area contributed by atoms with Crippen molar-refractivity contribution in [2.75, 3.05) is 18.5 Å². The monoisotopic (exact) mass is 424 g/mol. The van der Waals surface area contributed by atoms with Crippen molar-refractivity contribution >= 4 is 40.8 Å². The van der Waals surface area contributed by atoms with Crippen LogP contribution in [-0.4, -0.2) is 36.7 Å². The third-order valence-electron chi connectivity index (χ3n) is 6.88. The summed E-state index contributed by atoms with van der Waals surface area (Å²) in [6, 6.07) is 12.5. The van der Waals surface area contributed by atoms with Gasteiger partial charge in [0.05, 0.1) is 17.1 Å². The fraction of sp³-hybridized carbons (Fsp3) is 0.296. The molecule has 2 aliphatic rings. The minimum atomic E-state index is -0.730. The average molecular weight is 425 g/mol. The highest BCUT2D eigenvalue weighted by atomic mass is 16.5. The maximum Gasteiger partial charge on any atom is 0.228 e. The smallest absolute Gasteiger partial charge is 0.228 e. The lowest BCUT2D eigenvalue weighted by molar-refractivity contribution is 0.0842. The first kappa shape index (κ1) is 20.4. The van der Waals surface area contributed by atoms with Crippen LogP contribution in [0.3, 0.4) is 0 Å². The molecule has 0 saturated carbocycles. The van der Waals surface area contributed by atoms with Crippen LogP contribution in [0, 0.1) is 6.92 Å². The molecule has 0 radical (unpaired) electrons. The molecular weight excluding hydrogens is 396 g/mol. The Labute approximate surface area is 189 Å². The molecule has 0 bridgehead atoms. The zero-order valence-corrected chi connectivity index (χ0v) is 19.3. The Morgan fingerprint density at radius 1 is 1.16 bits per heavy atom. The predicted octanol–water partition coefficient (Wildman–Crippen LogP) is 5.87. The molecule has 0 aliphatic carbocycles. The van der Waals surface area contributed by atoms with Crippen molar-refractivity contribution in [2.45, 2.75) is 38.8 Å². The lowest BCUT2D eigenvalue weighted by Gasteiger charge is -2.45. The molecule has 5 heteroatoms. The molecule has 1 unspecified atom stereocenters. The molecular formula is C27H28N4O. The van der Waals surface area contributed by atoms with Crippen LogP contribution in [0.1, 0.15) is 37.5 Å². The van der Waals surface area contributed by atoms with Gasteiger partial charge in [0.25, 0.3) is 0 Å². The molecule has 162 valence electrons. The highest BCUT2D eigenvalue weighted by molar-refractivity contribution is 6.01. The van der Waals surface area contributed by atoms with E-state index in [2.05, 4.69) is 74.1 Å². The highest BCUT2D eigenvalue weighted by Crippen LogP contribution is 2.55. The van der Waals surface area contributed by atoms with Crippen molar-refractivity contribution in [2.24, 2.45) is 9.98 Å². The number of rotatable bonds is 3. The quantitative estimate of drug-likeness (QED) is 0.494. The fourth-order valence-corrected chi connectivity index (χ4v) is 5.05. The molecule has 0 amide bonds. The maximum atomic E-state index is 7.00. The summed E-state index contributed by atoms with van der Waals surface area (Å²) in [6.07, 6.45) is 9.65. The first-order valence-electron chi connectivity index (χ1n) is 11.1. The van der Waals surface area contributed by atoms with Gasteiger partial charge in [-0.05, 0) is 63.1 Å². The number of hydrogen-bond donors (Lipinski definition) is 0. The van der Waals surface area contributed by atoms with Crippen LogP contribution in [-0.2, 0) is 5.41 Å². The zero-order chi connectivity index (χ0) is 22.5. The molecule has 2 aliphatic heterocycles. The Morgan fingerprint density at radius 3 is 2.75 bits per heavy atom. The van der Waals surface area contributed by atoms with Crippen LogP contribution in [0.15, 0.2) is 58.7 Å². The summed E-state index contributed by atoms with van der Waals surface area (Å²) in [5.74, 6) is 0.779. The molecule has 0 saturated heterocycles. The van der Waals surface area contributed by atoms with E-state index in [1.807, 2.05) is 37.7 Å². The minimum absolute atomic E-state index is 0.303. The van der Waals surface area contributed by atoms with E-state index in [9.17, 15) is 0 Å². The molecule has 2 aromatic carbocycles. The van der Waals surface area contributed by atoms with Gasteiger partial charge >= 0.3 is 0 Å². The Kier molecular flexibility index (Phi) is 4.66. The number of aromatic nitrogens is 1. The van der Waals surface area contributed by atoms with Crippen molar-refractivity contribution in [3.8, 4) is 5.75 Å². The summed E-state index contributed by atoms with van der Waals surface area (Å²) >= 11 is 0. The lowest BCUT2D eigenvalue weighted by Crippen LogP contribution is -2.61. The number of para-hydroxylation sites is 1. The minimum Gasteiger partial charge on any atom is -0.459 e. The van der Waals surface area contributed by atoms with E-state index in [1.54, 1.807) is 0 Å². The van der Waals surface area contributed by atoms with Gasteiger partial charge in [0, 0.05) is 42.6 Å². The molecule has 5 nitrogen and oxygen atoms in total. The lowest BCUT2D eigenvalue weighted by atomic mass is 9.77. The standard InChI is InChI=1S/C27H28N4O/c1-6-28-15-9-11-19-18(2)23-20(12-10-16-29-23)25-24(19)30-17-27(32-25)26(3,4)21-13-7-8-14-22(21)31(27)5/h7-17H,6H2,1-5H3/b11-9-,28-15?. The van der Waals surface area contributed by atoms with Crippen molar-refractivity contribution < 1.29 is 4.74 Å². The SMILES string of the molecule is CCN=C/C=C\c1c2c(c3cccnc3c1C)OC1(C=N2)N(C)c2ccccc2C1(C)C. The van der Waals surface area contributed by atoms with Crippen LogP contribution in [0.4, 0.5) is 11.4 Å². The van der Waals surface area contributed by atoms with Gasteiger partial charge in [-0.25, -0.2) is 0 Å². The number of ether oxygens (including phenoxy) is 1. The van der Waals surface area contributed by atoms with Gasteiger partial charge in [-0.1, -0.05) is 24.3 Å². The highest BCUT2D eigenvalue weighted by Gasteiger charge is 2.58.